The van der Waals surface area contributed by atoms with Crippen LogP contribution in [0.3, 0.4) is 0 Å². The van der Waals surface area contributed by atoms with E-state index >= 15 is 0 Å². The summed E-state index contributed by atoms with van der Waals surface area (Å²) in [5, 5.41) is 10.0. The third-order valence-electron chi connectivity index (χ3n) is 2.97. The largest absolute Gasteiger partial charge is 0.386 e. The third-order valence-corrected chi connectivity index (χ3v) is 2.97. The second kappa shape index (κ2) is 4.29. The van der Waals surface area contributed by atoms with Gasteiger partial charge in [-0.15, -0.1) is 0 Å². The van der Waals surface area contributed by atoms with Crippen LogP contribution in [0.5, 0.6) is 0 Å². The molecule has 1 aromatic rings. The van der Waals surface area contributed by atoms with Crippen molar-refractivity contribution in [2.24, 2.45) is 5.92 Å². The molecule has 1 heterocycles. The quantitative estimate of drug-likeness (QED) is 0.811. The van der Waals surface area contributed by atoms with Gasteiger partial charge in [-0.2, -0.15) is 0 Å². The molecule has 82 valence electrons. The number of ether oxygens (including phenoxy) is 1. The van der Waals surface area contributed by atoms with Crippen LogP contribution in [0.4, 0.5) is 4.39 Å². The molecule has 3 heteroatoms. The fourth-order valence-electron chi connectivity index (χ4n) is 1.97. The van der Waals surface area contributed by atoms with E-state index in [0.29, 0.717) is 12.5 Å². The molecule has 2 rings (SSSR count). The average molecular weight is 210 g/mol. The molecule has 1 aliphatic heterocycles. The molecule has 0 spiro atoms. The van der Waals surface area contributed by atoms with E-state index in [1.54, 1.807) is 12.1 Å². The second-order valence-corrected chi connectivity index (χ2v) is 4.10. The maximum atomic E-state index is 12.7. The zero-order chi connectivity index (χ0) is 10.8. The number of benzene rings is 1. The average Bonchev–Trinajstić information content (AvgIpc) is 2.65. The molecule has 1 fully saturated rings. The van der Waals surface area contributed by atoms with Gasteiger partial charge in [-0.1, -0.05) is 19.1 Å². The lowest BCUT2D eigenvalue weighted by Crippen LogP contribution is -2.22. The topological polar surface area (TPSA) is 29.5 Å². The van der Waals surface area contributed by atoms with Gasteiger partial charge in [0.1, 0.15) is 11.9 Å². The maximum absolute atomic E-state index is 12.7. The van der Waals surface area contributed by atoms with E-state index in [4.69, 9.17) is 4.74 Å². The van der Waals surface area contributed by atoms with Crippen LogP contribution in [0.2, 0.25) is 0 Å². The van der Waals surface area contributed by atoms with Crippen LogP contribution in [0.1, 0.15) is 25.0 Å². The zero-order valence-electron chi connectivity index (χ0n) is 8.69. The normalized spacial score (nSPS) is 27.9. The van der Waals surface area contributed by atoms with Crippen molar-refractivity contribution >= 4 is 0 Å². The van der Waals surface area contributed by atoms with Gasteiger partial charge in [0.2, 0.25) is 0 Å². The van der Waals surface area contributed by atoms with Crippen molar-refractivity contribution in [2.75, 3.05) is 6.61 Å². The Hall–Kier alpha value is -0.930. The number of hydrogen-bond donors (Lipinski definition) is 1. The first-order chi connectivity index (χ1) is 7.18. The standard InChI is InChI=1S/C12H15FO2/c1-8-6-7-15-12(8)11(14)9-2-4-10(13)5-3-9/h2-5,8,11-12,14H,6-7H2,1H3. The van der Waals surface area contributed by atoms with E-state index in [-0.39, 0.29) is 11.9 Å². The number of hydrogen-bond acceptors (Lipinski definition) is 2. The van der Waals surface area contributed by atoms with Crippen molar-refractivity contribution in [3.63, 3.8) is 0 Å². The Labute approximate surface area is 88.7 Å². The minimum absolute atomic E-state index is 0.157. The van der Waals surface area contributed by atoms with E-state index < -0.39 is 6.10 Å². The van der Waals surface area contributed by atoms with Crippen molar-refractivity contribution in [1.82, 2.24) is 0 Å². The Morgan fingerprint density at radius 3 is 2.60 bits per heavy atom. The van der Waals surface area contributed by atoms with Crippen molar-refractivity contribution in [3.05, 3.63) is 35.6 Å². The van der Waals surface area contributed by atoms with Crippen LogP contribution in [0, 0.1) is 11.7 Å². The summed E-state index contributed by atoms with van der Waals surface area (Å²) in [5.41, 5.74) is 0.718. The molecule has 1 aromatic carbocycles. The fraction of sp³-hybridized carbons (Fsp3) is 0.500. The van der Waals surface area contributed by atoms with Crippen molar-refractivity contribution in [1.29, 1.82) is 0 Å². The molecule has 0 aromatic heterocycles. The smallest absolute Gasteiger partial charge is 0.123 e. The summed E-state index contributed by atoms with van der Waals surface area (Å²) >= 11 is 0. The van der Waals surface area contributed by atoms with Crippen molar-refractivity contribution in [2.45, 2.75) is 25.6 Å². The first kappa shape index (κ1) is 10.6. The lowest BCUT2D eigenvalue weighted by Gasteiger charge is -2.21. The van der Waals surface area contributed by atoms with Crippen LogP contribution in [-0.4, -0.2) is 17.8 Å². The Bertz CT molecular complexity index is 323. The minimum atomic E-state index is -0.650. The van der Waals surface area contributed by atoms with Crippen LogP contribution in [0.25, 0.3) is 0 Å². The first-order valence-electron chi connectivity index (χ1n) is 5.23. The lowest BCUT2D eigenvalue weighted by molar-refractivity contribution is -0.0178. The monoisotopic (exact) mass is 210 g/mol. The van der Waals surface area contributed by atoms with Gasteiger partial charge in [-0.05, 0) is 30.0 Å². The SMILES string of the molecule is CC1CCOC1C(O)c1ccc(F)cc1. The number of halogens is 1. The third kappa shape index (κ3) is 2.19. The van der Waals surface area contributed by atoms with E-state index in [1.807, 2.05) is 0 Å². The van der Waals surface area contributed by atoms with Crippen LogP contribution in [-0.2, 0) is 4.74 Å². The Kier molecular flexibility index (Phi) is 3.03. The molecular formula is C12H15FO2. The first-order valence-corrected chi connectivity index (χ1v) is 5.23. The van der Waals surface area contributed by atoms with Gasteiger partial charge in [0.05, 0.1) is 6.10 Å². The van der Waals surface area contributed by atoms with Crippen molar-refractivity contribution in [3.8, 4) is 0 Å². The maximum Gasteiger partial charge on any atom is 0.123 e. The fourth-order valence-corrected chi connectivity index (χ4v) is 1.97. The van der Waals surface area contributed by atoms with E-state index in [9.17, 15) is 9.50 Å². The molecule has 3 atom stereocenters. The summed E-state index contributed by atoms with van der Waals surface area (Å²) in [6.07, 6.45) is 0.168. The number of aliphatic hydroxyl groups excluding tert-OH is 1. The molecule has 1 saturated heterocycles. The highest BCUT2D eigenvalue weighted by Gasteiger charge is 2.31. The van der Waals surface area contributed by atoms with Gasteiger partial charge < -0.3 is 9.84 Å². The van der Waals surface area contributed by atoms with Gasteiger partial charge in [-0.25, -0.2) is 4.39 Å². The summed E-state index contributed by atoms with van der Waals surface area (Å²) < 4.78 is 18.2. The molecule has 15 heavy (non-hydrogen) atoms. The Morgan fingerprint density at radius 1 is 1.40 bits per heavy atom. The summed E-state index contributed by atoms with van der Waals surface area (Å²) in [5.74, 6) is 0.0661. The molecule has 3 unspecified atom stereocenters. The van der Waals surface area contributed by atoms with Gasteiger partial charge in [0, 0.05) is 6.61 Å². The molecule has 0 radical (unpaired) electrons. The minimum Gasteiger partial charge on any atom is -0.386 e. The van der Waals surface area contributed by atoms with E-state index in [0.717, 1.165) is 12.0 Å². The van der Waals surface area contributed by atoms with E-state index in [2.05, 4.69) is 6.92 Å². The summed E-state index contributed by atoms with van der Waals surface area (Å²) in [7, 11) is 0. The molecule has 1 aliphatic rings. The summed E-state index contributed by atoms with van der Waals surface area (Å²) in [6, 6.07) is 5.93. The van der Waals surface area contributed by atoms with Crippen LogP contribution < -0.4 is 0 Å². The summed E-state index contributed by atoms with van der Waals surface area (Å²) in [4.78, 5) is 0. The highest BCUT2D eigenvalue weighted by atomic mass is 19.1. The molecule has 0 amide bonds. The van der Waals surface area contributed by atoms with Gasteiger partial charge in [-0.3, -0.25) is 0 Å². The van der Waals surface area contributed by atoms with Gasteiger partial charge >= 0.3 is 0 Å². The molecule has 0 saturated carbocycles. The number of rotatable bonds is 2. The van der Waals surface area contributed by atoms with Crippen LogP contribution >= 0.6 is 0 Å². The Morgan fingerprint density at radius 2 is 2.07 bits per heavy atom. The Balaban J connectivity index is 2.13. The highest BCUT2D eigenvalue weighted by Crippen LogP contribution is 2.31. The predicted molar refractivity (Wildman–Crippen MR) is 54.9 cm³/mol. The molecule has 0 aliphatic carbocycles. The summed E-state index contributed by atoms with van der Waals surface area (Å²) in [6.45, 7) is 2.76. The molecule has 1 N–H and O–H groups in total. The number of aliphatic hydroxyl groups is 1. The zero-order valence-corrected chi connectivity index (χ0v) is 8.69. The molecule has 0 bridgehead atoms. The van der Waals surface area contributed by atoms with Gasteiger partial charge in [0.25, 0.3) is 0 Å². The lowest BCUT2D eigenvalue weighted by atomic mass is 9.95. The second-order valence-electron chi connectivity index (χ2n) is 4.10. The van der Waals surface area contributed by atoms with Gasteiger partial charge in [0.15, 0.2) is 0 Å². The highest BCUT2D eigenvalue weighted by molar-refractivity contribution is 5.19. The van der Waals surface area contributed by atoms with Crippen molar-refractivity contribution < 1.29 is 14.2 Å². The molecular weight excluding hydrogens is 195 g/mol. The van der Waals surface area contributed by atoms with E-state index in [1.165, 1.54) is 12.1 Å². The predicted octanol–water partition coefficient (Wildman–Crippen LogP) is 2.28. The van der Waals surface area contributed by atoms with Crippen LogP contribution in [0.15, 0.2) is 24.3 Å². The molecule has 2 nitrogen and oxygen atoms in total.